The second kappa shape index (κ2) is 8.86. The summed E-state index contributed by atoms with van der Waals surface area (Å²) in [5.41, 5.74) is 2.23. The molecule has 0 bridgehead atoms. The number of thioether (sulfide) groups is 1. The van der Waals surface area contributed by atoms with Crippen LogP contribution in [0, 0.1) is 11.3 Å². The van der Waals surface area contributed by atoms with Crippen LogP contribution in [0.25, 0.3) is 11.4 Å². The van der Waals surface area contributed by atoms with E-state index in [0.29, 0.717) is 37.2 Å². The highest BCUT2D eigenvalue weighted by molar-refractivity contribution is 7.99. The number of thiophene rings is 1. The maximum atomic E-state index is 12.5. The summed E-state index contributed by atoms with van der Waals surface area (Å²) in [6.07, 6.45) is 4.05. The smallest absolute Gasteiger partial charge is 0.235 e. The Morgan fingerprint density at radius 2 is 2.13 bits per heavy atom. The largest absolute Gasteiger partial charge is 0.335 e. The number of carbonyl (C=O) groups is 1. The summed E-state index contributed by atoms with van der Waals surface area (Å²) in [4.78, 5) is 13.7. The lowest BCUT2D eigenvalue weighted by molar-refractivity contribution is -0.113. The molecule has 0 atom stereocenters. The van der Waals surface area contributed by atoms with Gasteiger partial charge >= 0.3 is 0 Å². The normalized spacial score (nSPS) is 13.0. The standard InChI is InChI=1S/C19H16Cl2N6OS2/c20-10-5-6-14(21)12(7-10)17-25-26-19(27(17)23)29-9-16(28)24-18-13(8-22)11-3-1-2-4-15(11)30-18/h5-7H,1-4,9,23H2,(H,24,28). The molecule has 3 N–H and O–H groups in total. The molecule has 154 valence electrons. The molecular formula is C19H16Cl2N6OS2. The van der Waals surface area contributed by atoms with Gasteiger partial charge in [0.1, 0.15) is 11.1 Å². The van der Waals surface area contributed by atoms with E-state index in [1.807, 2.05) is 0 Å². The van der Waals surface area contributed by atoms with Crippen LogP contribution in [0.15, 0.2) is 23.4 Å². The molecular weight excluding hydrogens is 463 g/mol. The first kappa shape index (κ1) is 21.0. The number of nitrogens with one attached hydrogen (secondary N) is 1. The molecule has 1 aliphatic carbocycles. The SMILES string of the molecule is N#Cc1c(NC(=O)CSc2nnc(-c3cc(Cl)ccc3Cl)n2N)sc2c1CCCC2. The van der Waals surface area contributed by atoms with Crippen LogP contribution in [0.2, 0.25) is 10.0 Å². The third kappa shape index (κ3) is 4.14. The van der Waals surface area contributed by atoms with Gasteiger partial charge in [0.15, 0.2) is 5.82 Å². The summed E-state index contributed by atoms with van der Waals surface area (Å²) in [6, 6.07) is 7.22. The Morgan fingerprint density at radius 1 is 1.33 bits per heavy atom. The fourth-order valence-corrected chi connectivity index (χ4v) is 5.58. The van der Waals surface area contributed by atoms with E-state index in [4.69, 9.17) is 29.0 Å². The van der Waals surface area contributed by atoms with Crippen molar-refractivity contribution in [3.63, 3.8) is 0 Å². The predicted molar refractivity (Wildman–Crippen MR) is 121 cm³/mol. The lowest BCUT2D eigenvalue weighted by Crippen LogP contribution is -2.16. The van der Waals surface area contributed by atoms with Crippen LogP contribution in [-0.2, 0) is 17.6 Å². The Hall–Kier alpha value is -2.25. The molecule has 11 heteroatoms. The maximum Gasteiger partial charge on any atom is 0.235 e. The van der Waals surface area contributed by atoms with Gasteiger partial charge in [-0.25, -0.2) is 4.68 Å². The zero-order valence-corrected chi connectivity index (χ0v) is 18.8. The molecule has 0 fully saturated rings. The van der Waals surface area contributed by atoms with Gasteiger partial charge in [-0.15, -0.1) is 21.5 Å². The fraction of sp³-hybridized carbons (Fsp3) is 0.263. The van der Waals surface area contributed by atoms with Gasteiger partial charge in [0.25, 0.3) is 0 Å². The van der Waals surface area contributed by atoms with Crippen molar-refractivity contribution in [1.29, 1.82) is 5.26 Å². The van der Waals surface area contributed by atoms with Gasteiger partial charge in [-0.3, -0.25) is 4.79 Å². The molecule has 2 aromatic heterocycles. The number of nitrogens with two attached hydrogens (primary N) is 1. The summed E-state index contributed by atoms with van der Waals surface area (Å²) < 4.78 is 1.28. The van der Waals surface area contributed by atoms with Crippen LogP contribution in [0.3, 0.4) is 0 Å². The average Bonchev–Trinajstić information content (AvgIpc) is 3.27. The second-order valence-corrected chi connectivity index (χ2v) is 9.56. The number of nitriles is 1. The Bertz CT molecular complexity index is 1170. The van der Waals surface area contributed by atoms with Gasteiger partial charge in [0.2, 0.25) is 11.1 Å². The van der Waals surface area contributed by atoms with Gasteiger partial charge in [0, 0.05) is 15.5 Å². The van der Waals surface area contributed by atoms with Crippen LogP contribution in [0.4, 0.5) is 5.00 Å². The predicted octanol–water partition coefficient (Wildman–Crippen LogP) is 4.51. The number of rotatable bonds is 5. The Labute approximate surface area is 191 Å². The van der Waals surface area contributed by atoms with Gasteiger partial charge in [0.05, 0.1) is 16.3 Å². The molecule has 3 aromatic rings. The molecule has 0 saturated heterocycles. The molecule has 4 rings (SSSR count). The molecule has 0 unspecified atom stereocenters. The van der Waals surface area contributed by atoms with E-state index in [9.17, 15) is 10.1 Å². The molecule has 2 heterocycles. The monoisotopic (exact) mass is 478 g/mol. The Kier molecular flexibility index (Phi) is 6.20. The maximum absolute atomic E-state index is 12.5. The van der Waals surface area contributed by atoms with Crippen LogP contribution in [-0.4, -0.2) is 26.5 Å². The quantitative estimate of drug-likeness (QED) is 0.412. The number of hydrogen-bond donors (Lipinski definition) is 2. The molecule has 0 saturated carbocycles. The minimum Gasteiger partial charge on any atom is -0.335 e. The van der Waals surface area contributed by atoms with Crippen molar-refractivity contribution in [1.82, 2.24) is 14.9 Å². The number of halogens is 2. The van der Waals surface area contributed by atoms with Gasteiger partial charge < -0.3 is 11.2 Å². The third-order valence-corrected chi connectivity index (χ3v) is 7.42. The first-order chi connectivity index (χ1) is 14.5. The van der Waals surface area contributed by atoms with E-state index >= 15 is 0 Å². The number of nitrogens with zero attached hydrogens (tertiary/aromatic N) is 4. The van der Waals surface area contributed by atoms with Gasteiger partial charge in [-0.05, 0) is 49.4 Å². The second-order valence-electron chi connectivity index (χ2n) is 6.66. The topological polar surface area (TPSA) is 110 Å². The highest BCUT2D eigenvalue weighted by Gasteiger charge is 2.22. The van der Waals surface area contributed by atoms with E-state index in [1.165, 1.54) is 20.9 Å². The lowest BCUT2D eigenvalue weighted by atomic mass is 9.96. The number of anilines is 1. The van der Waals surface area contributed by atoms with Crippen LogP contribution in [0.1, 0.15) is 28.8 Å². The van der Waals surface area contributed by atoms with Gasteiger partial charge in [-0.2, -0.15) is 5.26 Å². The van der Waals surface area contributed by atoms with Crippen LogP contribution in [0.5, 0.6) is 0 Å². The molecule has 30 heavy (non-hydrogen) atoms. The highest BCUT2D eigenvalue weighted by Crippen LogP contribution is 2.37. The minimum atomic E-state index is -0.236. The van der Waals surface area contributed by atoms with Crippen LogP contribution >= 0.6 is 46.3 Å². The fourth-order valence-electron chi connectivity index (χ4n) is 3.29. The van der Waals surface area contributed by atoms with Crippen molar-refractivity contribution in [2.75, 3.05) is 16.9 Å². The Morgan fingerprint density at radius 3 is 2.93 bits per heavy atom. The summed E-state index contributed by atoms with van der Waals surface area (Å²) in [5.74, 6) is 6.29. The molecule has 0 spiro atoms. The molecule has 7 nitrogen and oxygen atoms in total. The zero-order valence-electron chi connectivity index (χ0n) is 15.6. The van der Waals surface area contributed by atoms with E-state index in [2.05, 4.69) is 21.6 Å². The number of amides is 1. The van der Waals surface area contributed by atoms with Crippen molar-refractivity contribution in [3.05, 3.63) is 44.2 Å². The van der Waals surface area contributed by atoms with E-state index in [1.54, 1.807) is 18.2 Å². The third-order valence-electron chi connectivity index (χ3n) is 4.70. The molecule has 1 amide bonds. The van der Waals surface area contributed by atoms with Crippen molar-refractivity contribution in [2.24, 2.45) is 0 Å². The number of benzene rings is 1. The van der Waals surface area contributed by atoms with E-state index < -0.39 is 0 Å². The summed E-state index contributed by atoms with van der Waals surface area (Å²) in [6.45, 7) is 0. The lowest BCUT2D eigenvalue weighted by Gasteiger charge is -2.09. The molecule has 0 radical (unpaired) electrons. The number of aromatic nitrogens is 3. The van der Waals surface area contributed by atoms with Crippen molar-refractivity contribution < 1.29 is 4.79 Å². The van der Waals surface area contributed by atoms with Crippen molar-refractivity contribution in [2.45, 2.75) is 30.8 Å². The molecule has 1 aliphatic rings. The van der Waals surface area contributed by atoms with Crippen molar-refractivity contribution in [3.8, 4) is 17.5 Å². The van der Waals surface area contributed by atoms with E-state index in [-0.39, 0.29) is 11.7 Å². The Balaban J connectivity index is 1.45. The van der Waals surface area contributed by atoms with Crippen molar-refractivity contribution >= 4 is 57.2 Å². The first-order valence-electron chi connectivity index (χ1n) is 9.11. The number of carbonyl (C=O) groups excluding carboxylic acids is 1. The minimum absolute atomic E-state index is 0.0754. The molecule has 1 aromatic carbocycles. The number of hydrogen-bond acceptors (Lipinski definition) is 7. The van der Waals surface area contributed by atoms with E-state index in [0.717, 1.165) is 43.0 Å². The highest BCUT2D eigenvalue weighted by atomic mass is 35.5. The first-order valence-corrected chi connectivity index (χ1v) is 11.7. The van der Waals surface area contributed by atoms with Gasteiger partial charge in [-0.1, -0.05) is 35.0 Å². The number of fused-ring (bicyclic) bond motifs is 1. The number of nitrogen functional groups attached to an aromatic ring is 1. The molecule has 0 aliphatic heterocycles. The average molecular weight is 479 g/mol. The summed E-state index contributed by atoms with van der Waals surface area (Å²) in [5, 5.41) is 22.4. The number of aryl methyl sites for hydroxylation is 1. The zero-order chi connectivity index (χ0) is 21.3. The van der Waals surface area contributed by atoms with Crippen LogP contribution < -0.4 is 11.2 Å². The summed E-state index contributed by atoms with van der Waals surface area (Å²) in [7, 11) is 0. The summed E-state index contributed by atoms with van der Waals surface area (Å²) >= 11 is 14.9.